The van der Waals surface area contributed by atoms with Crippen molar-refractivity contribution in [1.29, 1.82) is 0 Å². The molecule has 1 aromatic rings. The second-order valence-electron chi connectivity index (χ2n) is 4.80. The van der Waals surface area contributed by atoms with Gasteiger partial charge in [-0.15, -0.1) is 11.3 Å². The second kappa shape index (κ2) is 5.63. The molecule has 6 heteroatoms. The number of halogens is 1. The summed E-state index contributed by atoms with van der Waals surface area (Å²) in [5, 5.41) is 2.88. The number of carbonyl (C=O) groups excluding carboxylic acids is 2. The first-order valence-corrected chi connectivity index (χ1v) is 7.76. The van der Waals surface area contributed by atoms with Crippen molar-refractivity contribution in [2.45, 2.75) is 38.1 Å². The van der Waals surface area contributed by atoms with Crippen LogP contribution in [0.25, 0.3) is 0 Å². The quantitative estimate of drug-likeness (QED) is 0.856. The third-order valence-electron chi connectivity index (χ3n) is 3.47. The Bertz CT molecular complexity index is 486. The van der Waals surface area contributed by atoms with Gasteiger partial charge in [0.15, 0.2) is 0 Å². The summed E-state index contributed by atoms with van der Waals surface area (Å²) in [6.45, 7) is 1.93. The van der Waals surface area contributed by atoms with Crippen molar-refractivity contribution < 1.29 is 14.3 Å². The Hall–Kier alpha value is -0.880. The average Bonchev–Trinajstić information content (AvgIpc) is 2.97. The fourth-order valence-electron chi connectivity index (χ4n) is 2.40. The molecule has 1 amide bonds. The molecule has 0 unspecified atom stereocenters. The fourth-order valence-corrected chi connectivity index (χ4v) is 3.83. The first-order chi connectivity index (χ1) is 8.98. The average molecular weight is 346 g/mol. The van der Waals surface area contributed by atoms with E-state index in [1.54, 1.807) is 0 Å². The number of nitrogens with one attached hydrogen (secondary N) is 1. The lowest BCUT2D eigenvalue weighted by atomic mass is 9.97. The van der Waals surface area contributed by atoms with Gasteiger partial charge in [-0.1, -0.05) is 12.8 Å². The number of rotatable bonds is 3. The molecule has 1 saturated carbocycles. The van der Waals surface area contributed by atoms with Crippen LogP contribution in [0.2, 0.25) is 0 Å². The zero-order chi connectivity index (χ0) is 14.0. The summed E-state index contributed by atoms with van der Waals surface area (Å²) < 4.78 is 5.78. The monoisotopic (exact) mass is 345 g/mol. The van der Waals surface area contributed by atoms with Gasteiger partial charge in [0.25, 0.3) is 5.91 Å². The molecule has 0 aliphatic heterocycles. The zero-order valence-corrected chi connectivity index (χ0v) is 13.3. The lowest BCUT2D eigenvalue weighted by Gasteiger charge is -2.26. The Morgan fingerprint density at radius 1 is 1.42 bits per heavy atom. The Morgan fingerprint density at radius 2 is 2.05 bits per heavy atom. The van der Waals surface area contributed by atoms with E-state index in [0.717, 1.165) is 22.2 Å². The van der Waals surface area contributed by atoms with Crippen LogP contribution in [-0.4, -0.2) is 24.5 Å². The molecule has 0 aromatic carbocycles. The largest absolute Gasteiger partial charge is 0.467 e. The molecular formula is C13H16BrNO3S. The van der Waals surface area contributed by atoms with Gasteiger partial charge in [0.2, 0.25) is 0 Å². The van der Waals surface area contributed by atoms with Crippen molar-refractivity contribution in [3.8, 4) is 0 Å². The van der Waals surface area contributed by atoms with Crippen LogP contribution in [-0.2, 0) is 9.53 Å². The van der Waals surface area contributed by atoms with Crippen LogP contribution < -0.4 is 5.32 Å². The molecule has 1 N–H and O–H groups in total. The highest BCUT2D eigenvalue weighted by atomic mass is 79.9. The van der Waals surface area contributed by atoms with E-state index in [-0.39, 0.29) is 11.9 Å². The van der Waals surface area contributed by atoms with Crippen molar-refractivity contribution in [3.05, 3.63) is 20.3 Å². The van der Waals surface area contributed by atoms with Gasteiger partial charge in [0.05, 0.1) is 15.8 Å². The van der Waals surface area contributed by atoms with Crippen LogP contribution in [0.3, 0.4) is 0 Å². The normalized spacial score (nSPS) is 17.2. The van der Waals surface area contributed by atoms with Gasteiger partial charge in [-0.25, -0.2) is 4.79 Å². The highest BCUT2D eigenvalue weighted by Gasteiger charge is 2.43. The second-order valence-corrected chi connectivity index (χ2v) is 7.17. The zero-order valence-electron chi connectivity index (χ0n) is 10.9. The van der Waals surface area contributed by atoms with Crippen LogP contribution in [0.15, 0.2) is 9.85 Å². The van der Waals surface area contributed by atoms with Gasteiger partial charge in [0, 0.05) is 0 Å². The van der Waals surface area contributed by atoms with Gasteiger partial charge in [-0.2, -0.15) is 0 Å². The lowest BCUT2D eigenvalue weighted by Crippen LogP contribution is -2.53. The Kier molecular flexibility index (Phi) is 4.30. The lowest BCUT2D eigenvalue weighted by molar-refractivity contribution is -0.148. The van der Waals surface area contributed by atoms with Gasteiger partial charge < -0.3 is 10.1 Å². The number of methoxy groups -OCH3 is 1. The van der Waals surface area contributed by atoms with Crippen LogP contribution in [0, 0.1) is 6.92 Å². The van der Waals surface area contributed by atoms with Gasteiger partial charge in [0.1, 0.15) is 5.54 Å². The third kappa shape index (κ3) is 2.84. The predicted molar refractivity (Wildman–Crippen MR) is 77.4 cm³/mol. The number of amides is 1. The summed E-state index contributed by atoms with van der Waals surface area (Å²) in [4.78, 5) is 24.8. The first-order valence-electron chi connectivity index (χ1n) is 6.15. The van der Waals surface area contributed by atoms with E-state index in [9.17, 15) is 9.59 Å². The van der Waals surface area contributed by atoms with E-state index in [0.29, 0.717) is 17.7 Å². The predicted octanol–water partition coefficient (Wildman–Crippen LogP) is 3.03. The van der Waals surface area contributed by atoms with Crippen LogP contribution >= 0.6 is 27.3 Å². The van der Waals surface area contributed by atoms with E-state index in [4.69, 9.17) is 4.74 Å². The number of hydrogen-bond donors (Lipinski definition) is 1. The molecule has 104 valence electrons. The molecular weight excluding hydrogens is 330 g/mol. The third-order valence-corrected chi connectivity index (χ3v) is 5.60. The molecule has 0 spiro atoms. The van der Waals surface area contributed by atoms with E-state index in [2.05, 4.69) is 21.2 Å². The molecule has 4 nitrogen and oxygen atoms in total. The molecule has 1 fully saturated rings. The summed E-state index contributed by atoms with van der Waals surface area (Å²) in [7, 11) is 1.36. The maximum Gasteiger partial charge on any atom is 0.331 e. The number of thiophene rings is 1. The minimum atomic E-state index is -0.837. The molecule has 1 aromatic heterocycles. The minimum Gasteiger partial charge on any atom is -0.467 e. The molecule has 1 aliphatic rings. The molecule has 19 heavy (non-hydrogen) atoms. The van der Waals surface area contributed by atoms with Crippen molar-refractivity contribution >= 4 is 39.1 Å². The molecule has 0 radical (unpaired) electrons. The van der Waals surface area contributed by atoms with Gasteiger partial charge in [-0.3, -0.25) is 4.79 Å². The number of ether oxygens (including phenoxy) is 1. The standard InChI is InChI=1S/C13H16BrNO3S/c1-8-7-9(19-10(8)14)11(16)15-13(12(17)18-2)5-3-4-6-13/h7H,3-6H2,1-2H3,(H,15,16). The van der Waals surface area contributed by atoms with Crippen molar-refractivity contribution in [2.24, 2.45) is 0 Å². The molecule has 0 bridgehead atoms. The Morgan fingerprint density at radius 3 is 2.53 bits per heavy atom. The number of carbonyl (C=O) groups is 2. The molecule has 2 rings (SSSR count). The molecule has 0 saturated heterocycles. The Balaban J connectivity index is 2.18. The fraction of sp³-hybridized carbons (Fsp3) is 0.538. The smallest absolute Gasteiger partial charge is 0.331 e. The van der Waals surface area contributed by atoms with E-state index >= 15 is 0 Å². The SMILES string of the molecule is COC(=O)C1(NC(=O)c2cc(C)c(Br)s2)CCCC1. The van der Waals surface area contributed by atoms with Crippen LogP contribution in [0.5, 0.6) is 0 Å². The Labute approximate surface area is 124 Å². The number of esters is 1. The van der Waals surface area contributed by atoms with Crippen molar-refractivity contribution in [1.82, 2.24) is 5.32 Å². The number of aryl methyl sites for hydroxylation is 1. The summed E-state index contributed by atoms with van der Waals surface area (Å²) in [6.07, 6.45) is 3.17. The molecule has 1 heterocycles. The number of hydrogen-bond acceptors (Lipinski definition) is 4. The van der Waals surface area contributed by atoms with Gasteiger partial charge >= 0.3 is 5.97 Å². The van der Waals surface area contributed by atoms with Crippen molar-refractivity contribution in [3.63, 3.8) is 0 Å². The van der Waals surface area contributed by atoms with E-state index in [1.807, 2.05) is 13.0 Å². The van der Waals surface area contributed by atoms with E-state index < -0.39 is 5.54 Å². The first kappa shape index (κ1) is 14.5. The highest BCUT2D eigenvalue weighted by molar-refractivity contribution is 9.11. The van der Waals surface area contributed by atoms with Gasteiger partial charge in [-0.05, 0) is 47.3 Å². The molecule has 0 atom stereocenters. The highest BCUT2D eigenvalue weighted by Crippen LogP contribution is 2.32. The topological polar surface area (TPSA) is 55.4 Å². The summed E-state index contributed by atoms with van der Waals surface area (Å²) >= 11 is 4.78. The van der Waals surface area contributed by atoms with Crippen LogP contribution in [0.4, 0.5) is 0 Å². The van der Waals surface area contributed by atoms with Crippen LogP contribution in [0.1, 0.15) is 40.9 Å². The van der Waals surface area contributed by atoms with Crippen molar-refractivity contribution in [2.75, 3.05) is 7.11 Å². The maximum absolute atomic E-state index is 12.3. The summed E-state index contributed by atoms with van der Waals surface area (Å²) in [5.74, 6) is -0.545. The summed E-state index contributed by atoms with van der Waals surface area (Å²) in [6, 6.07) is 1.82. The molecule has 1 aliphatic carbocycles. The maximum atomic E-state index is 12.3. The summed E-state index contributed by atoms with van der Waals surface area (Å²) in [5.41, 5.74) is 0.185. The van der Waals surface area contributed by atoms with E-state index in [1.165, 1.54) is 18.4 Å². The minimum absolute atomic E-state index is 0.203.